The minimum atomic E-state index is -0.0902. The number of ether oxygens (including phenoxy) is 2. The van der Waals surface area contributed by atoms with Crippen LogP contribution in [-0.4, -0.2) is 66.5 Å². The molecule has 0 amide bonds. The number of anilines is 1. The maximum absolute atomic E-state index is 12.2. The maximum atomic E-state index is 12.2. The number of aromatic hydroxyl groups is 1. The second kappa shape index (κ2) is 8.84. The summed E-state index contributed by atoms with van der Waals surface area (Å²) in [4.78, 5) is 24.3. The van der Waals surface area contributed by atoms with Gasteiger partial charge in [0.1, 0.15) is 0 Å². The fraction of sp³-hybridized carbons (Fsp3) is 0.524. The molecule has 2 fully saturated rings. The van der Waals surface area contributed by atoms with Gasteiger partial charge in [-0.05, 0) is 43.6 Å². The van der Waals surface area contributed by atoms with Gasteiger partial charge >= 0.3 is 0 Å². The Bertz CT molecular complexity index is 886. The summed E-state index contributed by atoms with van der Waals surface area (Å²) in [7, 11) is 1.55. The van der Waals surface area contributed by atoms with Crippen molar-refractivity contribution in [2.45, 2.75) is 25.3 Å². The van der Waals surface area contributed by atoms with Crippen molar-refractivity contribution < 1.29 is 14.6 Å². The van der Waals surface area contributed by atoms with E-state index in [-0.39, 0.29) is 17.2 Å². The molecule has 8 nitrogen and oxygen atoms in total. The highest BCUT2D eigenvalue weighted by molar-refractivity contribution is 5.41. The molecule has 29 heavy (non-hydrogen) atoms. The Hall–Kier alpha value is -2.58. The van der Waals surface area contributed by atoms with Crippen molar-refractivity contribution in [1.82, 2.24) is 14.9 Å². The molecule has 156 valence electrons. The van der Waals surface area contributed by atoms with Gasteiger partial charge in [-0.15, -0.1) is 0 Å². The molecule has 3 heterocycles. The lowest BCUT2D eigenvalue weighted by atomic mass is 9.93. The summed E-state index contributed by atoms with van der Waals surface area (Å²) in [6.45, 7) is 5.46. The average molecular weight is 400 g/mol. The molecule has 0 bridgehead atoms. The molecule has 1 aromatic carbocycles. The van der Waals surface area contributed by atoms with Gasteiger partial charge in [0.15, 0.2) is 11.5 Å². The lowest BCUT2D eigenvalue weighted by Crippen LogP contribution is -2.39. The molecular formula is C21H28N4O4. The predicted octanol–water partition coefficient (Wildman–Crippen LogP) is 1.70. The maximum Gasteiger partial charge on any atom is 0.252 e. The Morgan fingerprint density at radius 1 is 1.21 bits per heavy atom. The highest BCUT2D eigenvalue weighted by Gasteiger charge is 2.24. The number of H-pyrrole nitrogens is 1. The number of methoxy groups -OCH3 is 1. The smallest absolute Gasteiger partial charge is 0.252 e. The largest absolute Gasteiger partial charge is 0.504 e. The van der Waals surface area contributed by atoms with E-state index in [9.17, 15) is 9.90 Å². The number of benzene rings is 1. The van der Waals surface area contributed by atoms with Gasteiger partial charge in [0.25, 0.3) is 5.56 Å². The minimum absolute atomic E-state index is 0.0902. The third-order valence-electron chi connectivity index (χ3n) is 5.71. The van der Waals surface area contributed by atoms with Crippen LogP contribution >= 0.6 is 0 Å². The number of nitrogens with zero attached hydrogens (tertiary/aromatic N) is 3. The standard InChI is InChI=1S/C21H28N4O4/c1-28-19-3-2-15(12-18(19)26)14-24-6-4-16(5-7-24)17-13-20(27)23-21(22-17)25-8-10-29-11-9-25/h2-3,12-13,16,26H,4-11,14H2,1H3,(H,22,23,27). The average Bonchev–Trinajstić information content (AvgIpc) is 2.75. The van der Waals surface area contributed by atoms with E-state index in [1.165, 1.54) is 0 Å². The molecule has 2 aliphatic heterocycles. The van der Waals surface area contributed by atoms with Gasteiger partial charge in [-0.25, -0.2) is 4.98 Å². The second-order valence-electron chi connectivity index (χ2n) is 7.65. The first-order valence-corrected chi connectivity index (χ1v) is 10.1. The lowest BCUT2D eigenvalue weighted by molar-refractivity contribution is 0.122. The zero-order valence-electron chi connectivity index (χ0n) is 16.8. The number of piperidine rings is 1. The normalized spacial score (nSPS) is 18.7. The molecule has 0 unspecified atom stereocenters. The van der Waals surface area contributed by atoms with Gasteiger partial charge < -0.3 is 19.5 Å². The van der Waals surface area contributed by atoms with Crippen LogP contribution in [-0.2, 0) is 11.3 Å². The van der Waals surface area contributed by atoms with E-state index >= 15 is 0 Å². The van der Waals surface area contributed by atoms with E-state index in [1.54, 1.807) is 25.3 Å². The first kappa shape index (κ1) is 19.7. The molecule has 0 radical (unpaired) electrons. The van der Waals surface area contributed by atoms with Crippen LogP contribution in [0.2, 0.25) is 0 Å². The van der Waals surface area contributed by atoms with Crippen molar-refractivity contribution in [3.8, 4) is 11.5 Å². The van der Waals surface area contributed by atoms with Crippen molar-refractivity contribution in [2.24, 2.45) is 0 Å². The van der Waals surface area contributed by atoms with E-state index in [0.29, 0.717) is 24.9 Å². The number of aromatic amines is 1. The van der Waals surface area contributed by atoms with E-state index in [1.807, 2.05) is 6.07 Å². The molecule has 2 aromatic rings. The predicted molar refractivity (Wildman–Crippen MR) is 110 cm³/mol. The fourth-order valence-corrected chi connectivity index (χ4v) is 4.08. The summed E-state index contributed by atoms with van der Waals surface area (Å²) in [5.74, 6) is 1.61. The van der Waals surface area contributed by atoms with Crippen LogP contribution in [0.5, 0.6) is 11.5 Å². The third kappa shape index (κ3) is 4.71. The second-order valence-corrected chi connectivity index (χ2v) is 7.65. The summed E-state index contributed by atoms with van der Waals surface area (Å²) < 4.78 is 10.5. The fourth-order valence-electron chi connectivity index (χ4n) is 4.08. The van der Waals surface area contributed by atoms with E-state index in [2.05, 4.69) is 14.8 Å². The van der Waals surface area contributed by atoms with Crippen LogP contribution in [0, 0.1) is 0 Å². The summed E-state index contributed by atoms with van der Waals surface area (Å²) in [6, 6.07) is 7.19. The van der Waals surface area contributed by atoms with Crippen LogP contribution in [0.4, 0.5) is 5.95 Å². The molecule has 0 atom stereocenters. The number of phenols is 1. The summed E-state index contributed by atoms with van der Waals surface area (Å²) in [6.07, 6.45) is 1.92. The number of phenolic OH excluding ortho intramolecular Hbond substituents is 1. The zero-order valence-corrected chi connectivity index (χ0v) is 16.8. The van der Waals surface area contributed by atoms with Crippen molar-refractivity contribution in [2.75, 3.05) is 51.4 Å². The quantitative estimate of drug-likeness (QED) is 0.789. The van der Waals surface area contributed by atoms with Gasteiger partial charge in [-0.1, -0.05) is 6.07 Å². The SMILES string of the molecule is COc1ccc(CN2CCC(c3cc(=O)[nH]c(N4CCOCC4)n3)CC2)cc1O. The van der Waals surface area contributed by atoms with E-state index < -0.39 is 0 Å². The molecular weight excluding hydrogens is 372 g/mol. The third-order valence-corrected chi connectivity index (χ3v) is 5.71. The van der Waals surface area contributed by atoms with Gasteiger partial charge in [-0.3, -0.25) is 14.7 Å². The van der Waals surface area contributed by atoms with Gasteiger partial charge in [0, 0.05) is 31.6 Å². The molecule has 2 N–H and O–H groups in total. The number of nitrogens with one attached hydrogen (secondary N) is 1. The molecule has 2 saturated heterocycles. The van der Waals surface area contributed by atoms with Crippen molar-refractivity contribution in [3.63, 3.8) is 0 Å². The molecule has 1 aromatic heterocycles. The van der Waals surface area contributed by atoms with Gasteiger partial charge in [-0.2, -0.15) is 0 Å². The molecule has 2 aliphatic rings. The number of aromatic nitrogens is 2. The number of hydrogen-bond donors (Lipinski definition) is 2. The Labute approximate surface area is 170 Å². The monoisotopic (exact) mass is 400 g/mol. The summed E-state index contributed by atoms with van der Waals surface area (Å²) in [5.41, 5.74) is 1.86. The number of likely N-dealkylation sites (tertiary alicyclic amines) is 1. The Morgan fingerprint density at radius 2 is 1.97 bits per heavy atom. The van der Waals surface area contributed by atoms with Crippen molar-refractivity contribution in [3.05, 3.63) is 45.9 Å². The number of hydrogen-bond acceptors (Lipinski definition) is 7. The van der Waals surface area contributed by atoms with Crippen LogP contribution in [0.3, 0.4) is 0 Å². The van der Waals surface area contributed by atoms with Crippen molar-refractivity contribution >= 4 is 5.95 Å². The Morgan fingerprint density at radius 3 is 2.66 bits per heavy atom. The van der Waals surface area contributed by atoms with Gasteiger partial charge in [0.2, 0.25) is 5.95 Å². The van der Waals surface area contributed by atoms with Crippen LogP contribution in [0.25, 0.3) is 0 Å². The first-order chi connectivity index (χ1) is 14.1. The van der Waals surface area contributed by atoms with E-state index in [4.69, 9.17) is 14.5 Å². The van der Waals surface area contributed by atoms with E-state index in [0.717, 1.165) is 56.8 Å². The molecule has 0 saturated carbocycles. The number of rotatable bonds is 5. The highest BCUT2D eigenvalue weighted by Crippen LogP contribution is 2.30. The molecule has 0 aliphatic carbocycles. The number of morpholine rings is 1. The van der Waals surface area contributed by atoms with Crippen LogP contribution in [0.15, 0.2) is 29.1 Å². The summed E-state index contributed by atoms with van der Waals surface area (Å²) in [5, 5.41) is 9.97. The van der Waals surface area contributed by atoms with Gasteiger partial charge in [0.05, 0.1) is 26.0 Å². The zero-order chi connectivity index (χ0) is 20.2. The minimum Gasteiger partial charge on any atom is -0.504 e. The lowest BCUT2D eigenvalue weighted by Gasteiger charge is -2.32. The summed E-state index contributed by atoms with van der Waals surface area (Å²) >= 11 is 0. The van der Waals surface area contributed by atoms with Crippen LogP contribution < -0.4 is 15.2 Å². The Balaban J connectivity index is 1.38. The van der Waals surface area contributed by atoms with Crippen molar-refractivity contribution in [1.29, 1.82) is 0 Å². The molecule has 4 rings (SSSR count). The highest BCUT2D eigenvalue weighted by atomic mass is 16.5. The molecule has 8 heteroatoms. The Kier molecular flexibility index (Phi) is 6.01. The topological polar surface area (TPSA) is 90.9 Å². The first-order valence-electron chi connectivity index (χ1n) is 10.1. The van der Waals surface area contributed by atoms with Crippen LogP contribution in [0.1, 0.15) is 30.0 Å². The molecule has 0 spiro atoms.